The maximum absolute atomic E-state index is 11.6. The van der Waals surface area contributed by atoms with Crippen LogP contribution < -0.4 is 15.3 Å². The second-order valence-electron chi connectivity index (χ2n) is 7.25. The van der Waals surface area contributed by atoms with Crippen LogP contribution in [0.4, 0.5) is 5.95 Å². The van der Waals surface area contributed by atoms with Gasteiger partial charge in [-0.15, -0.1) is 0 Å². The van der Waals surface area contributed by atoms with Crippen LogP contribution in [0.2, 0.25) is 5.15 Å². The summed E-state index contributed by atoms with van der Waals surface area (Å²) in [6.45, 7) is 3.79. The molecule has 4 rings (SSSR count). The van der Waals surface area contributed by atoms with Crippen LogP contribution in [-0.2, 0) is 7.05 Å². The van der Waals surface area contributed by atoms with Gasteiger partial charge in [0.25, 0.3) is 0 Å². The SMILES string of the molecule is Cn1ncc(OC2CCC(N3CCN(c4nccc(Cl)n4)CC3)CC2)nc1=O. The Morgan fingerprint density at radius 2 is 1.86 bits per heavy atom. The molecular weight excluding hydrogens is 382 g/mol. The number of rotatable bonds is 4. The lowest BCUT2D eigenvalue weighted by molar-refractivity contribution is 0.0811. The van der Waals surface area contributed by atoms with Gasteiger partial charge in [-0.05, 0) is 31.7 Å². The van der Waals surface area contributed by atoms with Crippen LogP contribution >= 0.6 is 11.6 Å². The number of ether oxygens (including phenoxy) is 1. The van der Waals surface area contributed by atoms with Gasteiger partial charge in [0.15, 0.2) is 0 Å². The summed E-state index contributed by atoms with van der Waals surface area (Å²) in [6.07, 6.45) is 7.38. The van der Waals surface area contributed by atoms with Gasteiger partial charge >= 0.3 is 5.69 Å². The fraction of sp³-hybridized carbons (Fsp3) is 0.611. The first-order valence-corrected chi connectivity index (χ1v) is 10.0. The van der Waals surface area contributed by atoms with Gasteiger partial charge in [0.2, 0.25) is 11.8 Å². The van der Waals surface area contributed by atoms with Gasteiger partial charge in [0.05, 0.1) is 0 Å². The highest BCUT2D eigenvalue weighted by atomic mass is 35.5. The number of nitrogens with zero attached hydrogens (tertiary/aromatic N) is 7. The smallest absolute Gasteiger partial charge is 0.367 e. The van der Waals surface area contributed by atoms with Crippen molar-refractivity contribution in [2.75, 3.05) is 31.1 Å². The van der Waals surface area contributed by atoms with Crippen LogP contribution in [-0.4, -0.2) is 68.0 Å². The Morgan fingerprint density at radius 3 is 2.54 bits per heavy atom. The van der Waals surface area contributed by atoms with Crippen molar-refractivity contribution in [2.24, 2.45) is 7.05 Å². The first-order chi connectivity index (χ1) is 13.6. The minimum absolute atomic E-state index is 0.0961. The van der Waals surface area contributed by atoms with E-state index in [-0.39, 0.29) is 6.10 Å². The quantitative estimate of drug-likeness (QED) is 0.699. The summed E-state index contributed by atoms with van der Waals surface area (Å²) in [5, 5.41) is 4.43. The molecule has 1 saturated carbocycles. The fourth-order valence-corrected chi connectivity index (χ4v) is 4.04. The van der Waals surface area contributed by atoms with Crippen LogP contribution in [0.5, 0.6) is 5.88 Å². The molecule has 1 aliphatic heterocycles. The van der Waals surface area contributed by atoms with Gasteiger partial charge < -0.3 is 9.64 Å². The lowest BCUT2D eigenvalue weighted by Gasteiger charge is -2.41. The van der Waals surface area contributed by atoms with Crippen molar-refractivity contribution < 1.29 is 4.74 Å². The fourth-order valence-electron chi connectivity index (χ4n) is 3.90. The molecule has 150 valence electrons. The first-order valence-electron chi connectivity index (χ1n) is 9.63. The monoisotopic (exact) mass is 405 g/mol. The van der Waals surface area contributed by atoms with E-state index in [0.717, 1.165) is 51.9 Å². The molecule has 1 aliphatic carbocycles. The maximum Gasteiger partial charge on any atom is 0.367 e. The topological polar surface area (TPSA) is 89.3 Å². The molecule has 2 aliphatic rings. The Morgan fingerprint density at radius 1 is 1.11 bits per heavy atom. The minimum Gasteiger partial charge on any atom is -0.473 e. The molecule has 0 N–H and O–H groups in total. The highest BCUT2D eigenvalue weighted by Crippen LogP contribution is 2.27. The molecule has 2 aromatic heterocycles. The Labute approximate surface area is 168 Å². The Hall–Kier alpha value is -2.26. The van der Waals surface area contributed by atoms with E-state index < -0.39 is 5.69 Å². The van der Waals surface area contributed by atoms with Gasteiger partial charge in [-0.1, -0.05) is 11.6 Å². The molecule has 0 amide bonds. The van der Waals surface area contributed by atoms with Crippen molar-refractivity contribution in [1.82, 2.24) is 29.6 Å². The van der Waals surface area contributed by atoms with Gasteiger partial charge in [-0.2, -0.15) is 10.1 Å². The van der Waals surface area contributed by atoms with Crippen LogP contribution in [0.3, 0.4) is 0 Å². The van der Waals surface area contributed by atoms with Gasteiger partial charge in [-0.3, -0.25) is 4.90 Å². The number of piperazine rings is 1. The zero-order valence-corrected chi connectivity index (χ0v) is 16.6. The van der Waals surface area contributed by atoms with E-state index in [1.807, 2.05) is 0 Å². The molecule has 2 fully saturated rings. The zero-order chi connectivity index (χ0) is 19.5. The lowest BCUT2D eigenvalue weighted by atomic mass is 9.91. The molecule has 0 bridgehead atoms. The number of hydrogen-bond donors (Lipinski definition) is 0. The van der Waals surface area contributed by atoms with Crippen molar-refractivity contribution in [3.63, 3.8) is 0 Å². The third-order valence-corrected chi connectivity index (χ3v) is 5.69. The number of anilines is 1. The molecule has 2 aromatic rings. The number of aryl methyl sites for hydroxylation is 1. The summed E-state index contributed by atoms with van der Waals surface area (Å²) in [5.41, 5.74) is -0.396. The summed E-state index contributed by atoms with van der Waals surface area (Å²) in [6, 6.07) is 2.26. The number of halogens is 1. The van der Waals surface area contributed by atoms with Crippen LogP contribution in [0.15, 0.2) is 23.3 Å². The third-order valence-electron chi connectivity index (χ3n) is 5.48. The predicted molar refractivity (Wildman–Crippen MR) is 105 cm³/mol. The molecule has 0 aromatic carbocycles. The highest BCUT2D eigenvalue weighted by Gasteiger charge is 2.29. The standard InChI is InChI=1S/C18H24ClN7O2/c1-24-18(27)23-16(12-21-24)28-14-4-2-13(3-5-14)25-8-10-26(11-9-25)17-20-7-6-15(19)22-17/h6-7,12-14H,2-5,8-11H2,1H3. The van der Waals surface area contributed by atoms with E-state index >= 15 is 0 Å². The van der Waals surface area contributed by atoms with E-state index in [1.54, 1.807) is 19.3 Å². The Bertz CT molecular complexity index is 861. The van der Waals surface area contributed by atoms with Crippen LogP contribution in [0, 0.1) is 0 Å². The summed E-state index contributed by atoms with van der Waals surface area (Å²) in [5.74, 6) is 1.03. The molecule has 0 atom stereocenters. The van der Waals surface area contributed by atoms with Crippen molar-refractivity contribution in [3.05, 3.63) is 34.1 Å². The average molecular weight is 406 g/mol. The molecular formula is C18H24ClN7O2. The highest BCUT2D eigenvalue weighted by molar-refractivity contribution is 6.29. The summed E-state index contributed by atoms with van der Waals surface area (Å²) in [7, 11) is 1.57. The van der Waals surface area contributed by atoms with E-state index in [4.69, 9.17) is 16.3 Å². The van der Waals surface area contributed by atoms with Crippen molar-refractivity contribution in [1.29, 1.82) is 0 Å². The molecule has 28 heavy (non-hydrogen) atoms. The Balaban J connectivity index is 1.25. The first kappa shape index (κ1) is 19.1. The lowest BCUT2D eigenvalue weighted by Crippen LogP contribution is -2.52. The minimum atomic E-state index is -0.396. The largest absolute Gasteiger partial charge is 0.473 e. The second kappa shape index (κ2) is 8.40. The van der Waals surface area contributed by atoms with Crippen LogP contribution in [0.25, 0.3) is 0 Å². The molecule has 9 nitrogen and oxygen atoms in total. The molecule has 0 radical (unpaired) electrons. The molecule has 10 heteroatoms. The number of aromatic nitrogens is 5. The number of hydrogen-bond acceptors (Lipinski definition) is 8. The molecule has 0 spiro atoms. The van der Waals surface area contributed by atoms with Crippen molar-refractivity contribution in [3.8, 4) is 5.88 Å². The maximum atomic E-state index is 11.6. The van der Waals surface area contributed by atoms with Crippen molar-refractivity contribution in [2.45, 2.75) is 37.8 Å². The molecule has 0 unspecified atom stereocenters. The normalized spacial score (nSPS) is 23.6. The van der Waals surface area contributed by atoms with E-state index in [9.17, 15) is 4.79 Å². The van der Waals surface area contributed by atoms with Gasteiger partial charge in [-0.25, -0.2) is 19.4 Å². The van der Waals surface area contributed by atoms with E-state index in [1.165, 1.54) is 10.9 Å². The zero-order valence-electron chi connectivity index (χ0n) is 15.9. The summed E-state index contributed by atoms with van der Waals surface area (Å²) < 4.78 is 7.06. The third kappa shape index (κ3) is 4.41. The molecule has 3 heterocycles. The van der Waals surface area contributed by atoms with Crippen molar-refractivity contribution >= 4 is 17.5 Å². The van der Waals surface area contributed by atoms with E-state index in [2.05, 4.69) is 29.9 Å². The average Bonchev–Trinajstić information content (AvgIpc) is 2.72. The van der Waals surface area contributed by atoms with Gasteiger partial charge in [0.1, 0.15) is 17.5 Å². The predicted octanol–water partition coefficient (Wildman–Crippen LogP) is 1.13. The Kier molecular flexibility index (Phi) is 5.72. The van der Waals surface area contributed by atoms with Gasteiger partial charge in [0, 0.05) is 45.5 Å². The summed E-state index contributed by atoms with van der Waals surface area (Å²) >= 11 is 5.98. The van der Waals surface area contributed by atoms with E-state index in [0.29, 0.717) is 23.0 Å². The molecule has 1 saturated heterocycles. The second-order valence-corrected chi connectivity index (χ2v) is 7.64. The van der Waals surface area contributed by atoms with Crippen LogP contribution in [0.1, 0.15) is 25.7 Å². The summed E-state index contributed by atoms with van der Waals surface area (Å²) in [4.78, 5) is 28.8.